The topological polar surface area (TPSA) is 38.0 Å². The van der Waals surface area contributed by atoms with E-state index < -0.39 is 0 Å². The highest BCUT2D eigenvalue weighted by molar-refractivity contribution is 4.97. The van der Waals surface area contributed by atoms with Crippen LogP contribution in [0.2, 0.25) is 0 Å². The van der Waals surface area contributed by atoms with Gasteiger partial charge in [-0.2, -0.15) is 0 Å². The van der Waals surface area contributed by atoms with Gasteiger partial charge in [0.1, 0.15) is 0 Å². The fourth-order valence-electron chi connectivity index (χ4n) is 2.78. The molecule has 2 aliphatic rings. The van der Waals surface area contributed by atoms with Crippen molar-refractivity contribution in [3.05, 3.63) is 0 Å². The highest BCUT2D eigenvalue weighted by atomic mass is 14.9. The summed E-state index contributed by atoms with van der Waals surface area (Å²) in [6.07, 6.45) is 7.91. The molecule has 1 atom stereocenters. The van der Waals surface area contributed by atoms with Crippen molar-refractivity contribution in [2.24, 2.45) is 11.7 Å². The minimum atomic E-state index is 0.202. The molecule has 0 aromatic heterocycles. The van der Waals surface area contributed by atoms with Gasteiger partial charge in [-0.05, 0) is 44.7 Å². The van der Waals surface area contributed by atoms with Crippen molar-refractivity contribution in [3.8, 4) is 0 Å². The van der Waals surface area contributed by atoms with Gasteiger partial charge in [-0.3, -0.25) is 0 Å². The first-order valence-electron chi connectivity index (χ1n) is 5.31. The van der Waals surface area contributed by atoms with E-state index in [1.807, 2.05) is 0 Å². The fraction of sp³-hybridized carbons (Fsp3) is 1.00. The second-order valence-corrected chi connectivity index (χ2v) is 4.48. The van der Waals surface area contributed by atoms with E-state index in [4.69, 9.17) is 5.73 Å². The van der Waals surface area contributed by atoms with Gasteiger partial charge in [0.25, 0.3) is 0 Å². The summed E-state index contributed by atoms with van der Waals surface area (Å²) in [5.74, 6) is 0.758. The molecular formula is C10H20N2. The van der Waals surface area contributed by atoms with Gasteiger partial charge in [-0.1, -0.05) is 12.8 Å². The average molecular weight is 168 g/mol. The van der Waals surface area contributed by atoms with Gasteiger partial charge < -0.3 is 11.1 Å². The van der Waals surface area contributed by atoms with Crippen LogP contribution in [0.3, 0.4) is 0 Å². The van der Waals surface area contributed by atoms with E-state index >= 15 is 0 Å². The first-order chi connectivity index (χ1) is 5.81. The maximum absolute atomic E-state index is 6.39. The summed E-state index contributed by atoms with van der Waals surface area (Å²) in [5, 5.41) is 3.46. The summed E-state index contributed by atoms with van der Waals surface area (Å²) in [5.41, 5.74) is 6.60. The van der Waals surface area contributed by atoms with Crippen LogP contribution >= 0.6 is 0 Å². The van der Waals surface area contributed by atoms with Crippen LogP contribution in [0.25, 0.3) is 0 Å². The molecule has 2 heteroatoms. The predicted octanol–water partition coefficient (Wildman–Crippen LogP) is 1.26. The Labute approximate surface area is 74.9 Å². The highest BCUT2D eigenvalue weighted by Gasteiger charge is 2.37. The molecule has 1 unspecified atom stereocenters. The van der Waals surface area contributed by atoms with Crippen LogP contribution in [-0.2, 0) is 0 Å². The number of nitrogens with one attached hydrogen (secondary N) is 1. The zero-order valence-electron chi connectivity index (χ0n) is 7.81. The standard InChI is InChI=1S/C10H20N2/c11-10(5-1-2-6-10)9-4-3-7-12-8-9/h9,12H,1-8,11H2. The summed E-state index contributed by atoms with van der Waals surface area (Å²) in [4.78, 5) is 0. The van der Waals surface area contributed by atoms with E-state index in [-0.39, 0.29) is 5.54 Å². The van der Waals surface area contributed by atoms with Crippen LogP contribution in [0.1, 0.15) is 38.5 Å². The predicted molar refractivity (Wildman–Crippen MR) is 51.0 cm³/mol. The molecule has 1 saturated heterocycles. The molecular weight excluding hydrogens is 148 g/mol. The third-order valence-electron chi connectivity index (χ3n) is 3.64. The summed E-state index contributed by atoms with van der Waals surface area (Å²) in [7, 11) is 0. The molecule has 70 valence electrons. The molecule has 0 radical (unpaired) electrons. The Kier molecular flexibility index (Phi) is 2.37. The maximum Gasteiger partial charge on any atom is 0.0195 e. The molecule has 0 amide bonds. The highest BCUT2D eigenvalue weighted by Crippen LogP contribution is 2.36. The number of nitrogens with two attached hydrogens (primary N) is 1. The zero-order valence-corrected chi connectivity index (χ0v) is 7.81. The van der Waals surface area contributed by atoms with Gasteiger partial charge in [0.2, 0.25) is 0 Å². The fourth-order valence-corrected chi connectivity index (χ4v) is 2.78. The first kappa shape index (κ1) is 8.52. The Morgan fingerprint density at radius 3 is 2.50 bits per heavy atom. The number of hydrogen-bond donors (Lipinski definition) is 2. The monoisotopic (exact) mass is 168 g/mol. The van der Waals surface area contributed by atoms with Crippen molar-refractivity contribution in [1.82, 2.24) is 5.32 Å². The quantitative estimate of drug-likeness (QED) is 0.618. The van der Waals surface area contributed by atoms with Gasteiger partial charge in [0.05, 0.1) is 0 Å². The third-order valence-corrected chi connectivity index (χ3v) is 3.64. The summed E-state index contributed by atoms with van der Waals surface area (Å²) in [6.45, 7) is 2.36. The van der Waals surface area contributed by atoms with E-state index in [1.165, 1.54) is 45.1 Å². The van der Waals surface area contributed by atoms with Gasteiger partial charge in [0.15, 0.2) is 0 Å². The summed E-state index contributed by atoms with van der Waals surface area (Å²) >= 11 is 0. The van der Waals surface area contributed by atoms with Gasteiger partial charge >= 0.3 is 0 Å². The Morgan fingerprint density at radius 1 is 1.17 bits per heavy atom. The molecule has 3 N–H and O–H groups in total. The van der Waals surface area contributed by atoms with Crippen LogP contribution in [-0.4, -0.2) is 18.6 Å². The van der Waals surface area contributed by atoms with Crippen molar-refractivity contribution in [1.29, 1.82) is 0 Å². The van der Waals surface area contributed by atoms with Gasteiger partial charge in [-0.25, -0.2) is 0 Å². The lowest BCUT2D eigenvalue weighted by Crippen LogP contribution is -2.50. The van der Waals surface area contributed by atoms with Crippen LogP contribution in [0.4, 0.5) is 0 Å². The number of rotatable bonds is 1. The Morgan fingerprint density at radius 2 is 1.92 bits per heavy atom. The molecule has 0 aromatic carbocycles. The Balaban J connectivity index is 1.96. The second kappa shape index (κ2) is 3.35. The molecule has 2 fully saturated rings. The second-order valence-electron chi connectivity index (χ2n) is 4.48. The molecule has 2 nitrogen and oxygen atoms in total. The third kappa shape index (κ3) is 1.50. The van der Waals surface area contributed by atoms with Crippen molar-refractivity contribution >= 4 is 0 Å². The van der Waals surface area contributed by atoms with E-state index in [1.54, 1.807) is 0 Å². The molecule has 1 heterocycles. The largest absolute Gasteiger partial charge is 0.325 e. The molecule has 1 aliphatic carbocycles. The van der Waals surface area contributed by atoms with Gasteiger partial charge in [-0.15, -0.1) is 0 Å². The lowest BCUT2D eigenvalue weighted by molar-refractivity contribution is 0.223. The van der Waals surface area contributed by atoms with Crippen molar-refractivity contribution in [3.63, 3.8) is 0 Å². The normalized spacial score (nSPS) is 35.2. The zero-order chi connectivity index (χ0) is 8.44. The number of hydrogen-bond acceptors (Lipinski definition) is 2. The van der Waals surface area contributed by atoms with E-state index in [9.17, 15) is 0 Å². The minimum absolute atomic E-state index is 0.202. The maximum atomic E-state index is 6.39. The molecule has 0 bridgehead atoms. The molecule has 12 heavy (non-hydrogen) atoms. The minimum Gasteiger partial charge on any atom is -0.325 e. The molecule has 2 rings (SSSR count). The Bertz CT molecular complexity index is 144. The smallest absolute Gasteiger partial charge is 0.0195 e. The van der Waals surface area contributed by atoms with Crippen LogP contribution < -0.4 is 11.1 Å². The molecule has 1 saturated carbocycles. The van der Waals surface area contributed by atoms with Crippen molar-refractivity contribution < 1.29 is 0 Å². The number of piperidine rings is 1. The van der Waals surface area contributed by atoms with E-state index in [0.717, 1.165) is 12.5 Å². The van der Waals surface area contributed by atoms with Crippen molar-refractivity contribution in [2.45, 2.75) is 44.1 Å². The lowest BCUT2D eigenvalue weighted by atomic mass is 9.79. The van der Waals surface area contributed by atoms with E-state index in [0.29, 0.717) is 0 Å². The van der Waals surface area contributed by atoms with Crippen LogP contribution in [0.15, 0.2) is 0 Å². The molecule has 0 spiro atoms. The first-order valence-corrected chi connectivity index (χ1v) is 5.31. The van der Waals surface area contributed by atoms with Crippen LogP contribution in [0.5, 0.6) is 0 Å². The van der Waals surface area contributed by atoms with Crippen LogP contribution in [0, 0.1) is 5.92 Å². The summed E-state index contributed by atoms with van der Waals surface area (Å²) in [6, 6.07) is 0. The van der Waals surface area contributed by atoms with E-state index in [2.05, 4.69) is 5.32 Å². The summed E-state index contributed by atoms with van der Waals surface area (Å²) < 4.78 is 0. The lowest BCUT2D eigenvalue weighted by Gasteiger charge is -2.36. The van der Waals surface area contributed by atoms with Gasteiger partial charge in [0, 0.05) is 5.54 Å². The SMILES string of the molecule is NC1(C2CCCNC2)CCCC1. The Hall–Kier alpha value is -0.0800. The molecule has 1 aliphatic heterocycles. The molecule has 0 aromatic rings. The average Bonchev–Trinajstić information content (AvgIpc) is 2.55. The van der Waals surface area contributed by atoms with Crippen molar-refractivity contribution in [2.75, 3.05) is 13.1 Å².